The molecule has 0 atom stereocenters. The summed E-state index contributed by atoms with van der Waals surface area (Å²) in [6.07, 6.45) is 1.11. The Morgan fingerprint density at radius 1 is 1.03 bits per heavy atom. The maximum atomic E-state index is 12.2. The molecule has 13 nitrogen and oxygen atoms in total. The van der Waals surface area contributed by atoms with E-state index in [2.05, 4.69) is 26.0 Å². The summed E-state index contributed by atoms with van der Waals surface area (Å²) in [6.45, 7) is 0. The Labute approximate surface area is 183 Å². The number of hydrazone groups is 1. The van der Waals surface area contributed by atoms with Crippen molar-refractivity contribution in [3.8, 4) is 0 Å². The zero-order chi connectivity index (χ0) is 23.1. The van der Waals surface area contributed by atoms with E-state index in [4.69, 9.17) is 0 Å². The van der Waals surface area contributed by atoms with Crippen LogP contribution in [-0.4, -0.2) is 38.1 Å². The highest BCUT2D eigenvalue weighted by molar-refractivity contribution is 7.15. The number of hydrogen-bond donors (Lipinski definition) is 2. The first-order valence-electron chi connectivity index (χ1n) is 8.76. The van der Waals surface area contributed by atoms with Gasteiger partial charge in [0.2, 0.25) is 11.0 Å². The number of carbonyl (C=O) groups excluding carboxylic acids is 2. The van der Waals surface area contributed by atoms with E-state index in [1.165, 1.54) is 48.7 Å². The van der Waals surface area contributed by atoms with E-state index in [1.807, 2.05) is 0 Å². The normalized spacial score (nSPS) is 10.6. The summed E-state index contributed by atoms with van der Waals surface area (Å²) in [5, 5.41) is 35.7. The molecule has 0 bridgehead atoms. The largest absolute Gasteiger partial charge is 0.296 e. The molecule has 14 heteroatoms. The van der Waals surface area contributed by atoms with Gasteiger partial charge in [0, 0.05) is 35.4 Å². The monoisotopic (exact) mass is 455 g/mol. The van der Waals surface area contributed by atoms with Gasteiger partial charge in [-0.3, -0.25) is 35.1 Å². The van der Waals surface area contributed by atoms with Crippen molar-refractivity contribution in [1.29, 1.82) is 0 Å². The number of carbonyl (C=O) groups is 2. The molecule has 0 saturated heterocycles. The fourth-order valence-corrected chi connectivity index (χ4v) is 3.09. The molecule has 1 heterocycles. The van der Waals surface area contributed by atoms with Gasteiger partial charge in [0.05, 0.1) is 22.5 Å². The lowest BCUT2D eigenvalue weighted by atomic mass is 10.2. The molecule has 1 aromatic heterocycles. The number of benzene rings is 2. The molecule has 3 aromatic rings. The Balaban J connectivity index is 1.52. The number of nitro benzene ring substituents is 2. The first kappa shape index (κ1) is 22.1. The van der Waals surface area contributed by atoms with Gasteiger partial charge in [-0.15, -0.1) is 10.2 Å². The highest BCUT2D eigenvalue weighted by atomic mass is 32.1. The molecule has 0 aliphatic carbocycles. The van der Waals surface area contributed by atoms with Crippen molar-refractivity contribution in [3.05, 3.63) is 84.9 Å². The highest BCUT2D eigenvalue weighted by Crippen LogP contribution is 2.18. The fourth-order valence-electron chi connectivity index (χ4n) is 2.35. The minimum absolute atomic E-state index is 0.0996. The van der Waals surface area contributed by atoms with Crippen LogP contribution in [-0.2, 0) is 11.2 Å². The first-order valence-corrected chi connectivity index (χ1v) is 9.58. The summed E-state index contributed by atoms with van der Waals surface area (Å²) in [4.78, 5) is 44.5. The maximum absolute atomic E-state index is 12.2. The minimum atomic E-state index is -0.572. The lowest BCUT2D eigenvalue weighted by Crippen LogP contribution is -2.19. The van der Waals surface area contributed by atoms with Crippen LogP contribution in [0.4, 0.5) is 16.5 Å². The van der Waals surface area contributed by atoms with E-state index in [0.717, 1.165) is 11.3 Å². The van der Waals surface area contributed by atoms with E-state index in [1.54, 1.807) is 6.07 Å². The zero-order valence-electron chi connectivity index (χ0n) is 16.0. The second-order valence-corrected chi connectivity index (χ2v) is 7.14. The molecule has 0 fully saturated rings. The third-order valence-corrected chi connectivity index (χ3v) is 4.66. The first-order chi connectivity index (χ1) is 15.3. The number of nitrogens with zero attached hydrogens (tertiary/aromatic N) is 5. The van der Waals surface area contributed by atoms with Gasteiger partial charge in [0.15, 0.2) is 0 Å². The summed E-state index contributed by atoms with van der Waals surface area (Å²) in [5.41, 5.74) is 2.67. The number of aromatic nitrogens is 2. The predicted molar refractivity (Wildman–Crippen MR) is 113 cm³/mol. The maximum Gasteiger partial charge on any atom is 0.270 e. The van der Waals surface area contributed by atoms with Crippen molar-refractivity contribution in [2.45, 2.75) is 6.42 Å². The SMILES string of the molecule is O=C(Cc1nnc(NC(=O)c2ccc([N+](=O)[O-])cc2)s1)NN=Cc1cccc([N+](=O)[O-])c1. The van der Waals surface area contributed by atoms with Crippen molar-refractivity contribution in [2.24, 2.45) is 5.10 Å². The van der Waals surface area contributed by atoms with Crippen molar-refractivity contribution >= 4 is 45.9 Å². The summed E-state index contributed by atoms with van der Waals surface area (Å²) in [6, 6.07) is 10.8. The van der Waals surface area contributed by atoms with Crippen molar-refractivity contribution < 1.29 is 19.4 Å². The highest BCUT2D eigenvalue weighted by Gasteiger charge is 2.14. The van der Waals surface area contributed by atoms with Gasteiger partial charge in [0.25, 0.3) is 17.3 Å². The number of amides is 2. The number of rotatable bonds is 8. The summed E-state index contributed by atoms with van der Waals surface area (Å²) < 4.78 is 0. The second kappa shape index (κ2) is 9.94. The van der Waals surface area contributed by atoms with Gasteiger partial charge in [-0.2, -0.15) is 5.10 Å². The van der Waals surface area contributed by atoms with Crippen LogP contribution in [0.1, 0.15) is 20.9 Å². The van der Waals surface area contributed by atoms with Gasteiger partial charge < -0.3 is 0 Å². The Hall–Kier alpha value is -4.59. The molecule has 3 rings (SSSR count). The molecule has 2 N–H and O–H groups in total. The standard InChI is InChI=1S/C18H13N7O6S/c26-15(21-19-10-11-2-1-3-14(8-11)25(30)31)9-16-22-23-18(32-16)20-17(27)12-4-6-13(7-5-12)24(28)29/h1-8,10H,9H2,(H,21,26)(H,20,23,27). The van der Waals surface area contributed by atoms with E-state index >= 15 is 0 Å². The van der Waals surface area contributed by atoms with Crippen LogP contribution in [0, 0.1) is 20.2 Å². The van der Waals surface area contributed by atoms with Gasteiger partial charge in [-0.25, -0.2) is 5.43 Å². The predicted octanol–water partition coefficient (Wildman–Crippen LogP) is 2.30. The van der Waals surface area contributed by atoms with Gasteiger partial charge in [-0.05, 0) is 12.1 Å². The lowest BCUT2D eigenvalue weighted by Gasteiger charge is -2.00. The fraction of sp³-hybridized carbons (Fsp3) is 0.0556. The third kappa shape index (κ3) is 5.96. The van der Waals surface area contributed by atoms with Crippen LogP contribution in [0.15, 0.2) is 53.6 Å². The van der Waals surface area contributed by atoms with Crippen LogP contribution in [0.25, 0.3) is 0 Å². The summed E-state index contributed by atoms with van der Waals surface area (Å²) in [5.74, 6) is -1.04. The van der Waals surface area contributed by atoms with E-state index in [0.29, 0.717) is 10.6 Å². The topological polar surface area (TPSA) is 183 Å². The molecule has 0 radical (unpaired) electrons. The number of nitro groups is 2. The van der Waals surface area contributed by atoms with Crippen LogP contribution in [0.3, 0.4) is 0 Å². The molecule has 0 saturated carbocycles. The Morgan fingerprint density at radius 3 is 2.44 bits per heavy atom. The molecule has 0 unspecified atom stereocenters. The van der Waals surface area contributed by atoms with Crippen LogP contribution in [0.2, 0.25) is 0 Å². The Bertz CT molecular complexity index is 1210. The average Bonchev–Trinajstić information content (AvgIpc) is 3.20. The zero-order valence-corrected chi connectivity index (χ0v) is 16.8. The molecule has 162 valence electrons. The smallest absolute Gasteiger partial charge is 0.270 e. The van der Waals surface area contributed by atoms with E-state index in [9.17, 15) is 29.8 Å². The molecule has 32 heavy (non-hydrogen) atoms. The van der Waals surface area contributed by atoms with Crippen molar-refractivity contribution in [3.63, 3.8) is 0 Å². The van der Waals surface area contributed by atoms with Crippen molar-refractivity contribution in [1.82, 2.24) is 15.6 Å². The number of hydrogen-bond acceptors (Lipinski definition) is 10. The molecule has 2 amide bonds. The van der Waals surface area contributed by atoms with Gasteiger partial charge in [0.1, 0.15) is 5.01 Å². The van der Waals surface area contributed by atoms with Crippen LogP contribution >= 0.6 is 11.3 Å². The molecule has 0 aliphatic heterocycles. The summed E-state index contributed by atoms with van der Waals surface area (Å²) in [7, 11) is 0. The van der Waals surface area contributed by atoms with E-state index in [-0.39, 0.29) is 28.5 Å². The van der Waals surface area contributed by atoms with Gasteiger partial charge >= 0.3 is 0 Å². The van der Waals surface area contributed by atoms with Crippen LogP contribution < -0.4 is 10.7 Å². The molecular weight excluding hydrogens is 442 g/mol. The lowest BCUT2D eigenvalue weighted by molar-refractivity contribution is -0.385. The Kier molecular flexibility index (Phi) is 6.87. The number of nitrogens with one attached hydrogen (secondary N) is 2. The molecule has 2 aromatic carbocycles. The number of anilines is 1. The van der Waals surface area contributed by atoms with Crippen LogP contribution in [0.5, 0.6) is 0 Å². The summed E-state index contributed by atoms with van der Waals surface area (Å²) >= 11 is 0.977. The van der Waals surface area contributed by atoms with Gasteiger partial charge in [-0.1, -0.05) is 23.5 Å². The second-order valence-electron chi connectivity index (χ2n) is 6.08. The quantitative estimate of drug-likeness (QED) is 0.294. The molecule has 0 aliphatic rings. The average molecular weight is 455 g/mol. The minimum Gasteiger partial charge on any atom is -0.296 e. The van der Waals surface area contributed by atoms with E-state index < -0.39 is 21.7 Å². The molecular formula is C18H13N7O6S. The van der Waals surface area contributed by atoms with Crippen molar-refractivity contribution in [2.75, 3.05) is 5.32 Å². The molecule has 0 spiro atoms. The Morgan fingerprint density at radius 2 is 1.75 bits per heavy atom. The number of non-ortho nitro benzene ring substituents is 2. The third-order valence-electron chi connectivity index (χ3n) is 3.82.